The van der Waals surface area contributed by atoms with Crippen LogP contribution in [0.4, 0.5) is 11.4 Å². The first-order chi connectivity index (χ1) is 24.4. The minimum Gasteiger partial charge on any atom is -0.377 e. The minimum absolute atomic E-state index is 0.00327. The van der Waals surface area contributed by atoms with Gasteiger partial charge in [0.1, 0.15) is 11.6 Å². The van der Waals surface area contributed by atoms with Gasteiger partial charge in [-0.2, -0.15) is 0 Å². The van der Waals surface area contributed by atoms with Gasteiger partial charge >= 0.3 is 0 Å². The highest BCUT2D eigenvalue weighted by molar-refractivity contribution is 5.75. The third-order valence-electron chi connectivity index (χ3n) is 10.4. The third kappa shape index (κ3) is 8.96. The van der Waals surface area contributed by atoms with Crippen molar-refractivity contribution < 1.29 is 9.47 Å². The Kier molecular flexibility index (Phi) is 12.5. The first-order valence-corrected chi connectivity index (χ1v) is 19.0. The number of benzene rings is 2. The molecule has 0 amide bonds. The van der Waals surface area contributed by atoms with E-state index in [1.165, 1.54) is 41.0 Å². The maximum absolute atomic E-state index is 5.60. The zero-order valence-corrected chi connectivity index (χ0v) is 33.1. The number of rotatable bonds is 14. The van der Waals surface area contributed by atoms with Gasteiger partial charge in [-0.1, -0.05) is 13.3 Å². The summed E-state index contributed by atoms with van der Waals surface area (Å²) in [6.07, 6.45) is 7.68. The molecule has 276 valence electrons. The highest BCUT2D eigenvalue weighted by atomic mass is 16.5. The number of nitrogens with zero attached hydrogens (tertiary/aromatic N) is 4. The molecule has 0 radical (unpaired) electrons. The van der Waals surface area contributed by atoms with E-state index in [0.29, 0.717) is 30.1 Å². The van der Waals surface area contributed by atoms with Gasteiger partial charge in [0.2, 0.25) is 0 Å². The number of methoxy groups -OCH3 is 2. The summed E-state index contributed by atoms with van der Waals surface area (Å²) in [7, 11) is 3.49. The summed E-state index contributed by atoms with van der Waals surface area (Å²) in [6.45, 7) is 22.2. The number of hydrogen-bond acceptors (Lipinski definition) is 6. The first-order valence-electron chi connectivity index (χ1n) is 19.0. The van der Waals surface area contributed by atoms with Crippen LogP contribution in [0.2, 0.25) is 0 Å². The molecular weight excluding hydrogens is 633 g/mol. The molecule has 0 bridgehead atoms. The van der Waals surface area contributed by atoms with Crippen molar-refractivity contribution in [3.63, 3.8) is 0 Å². The number of ether oxygens (including phenoxy) is 2. The lowest BCUT2D eigenvalue weighted by Crippen LogP contribution is -2.36. The summed E-state index contributed by atoms with van der Waals surface area (Å²) in [6, 6.07) is 19.3. The molecule has 2 heterocycles. The second-order valence-corrected chi connectivity index (χ2v) is 15.4. The molecular formula is C43H62N6O2. The second kappa shape index (κ2) is 16.6. The number of aromatic nitrogens is 4. The highest BCUT2D eigenvalue weighted by Gasteiger charge is 2.38. The summed E-state index contributed by atoms with van der Waals surface area (Å²) in [5.41, 5.74) is 9.53. The van der Waals surface area contributed by atoms with Gasteiger partial charge in [-0.3, -0.25) is 0 Å². The van der Waals surface area contributed by atoms with E-state index < -0.39 is 0 Å². The van der Waals surface area contributed by atoms with Crippen LogP contribution in [0.15, 0.2) is 66.5 Å². The number of nitrogens with one attached hydrogen (secondary N) is 2. The number of hydrogen-bond donors (Lipinski definition) is 2. The average Bonchev–Trinajstić information content (AvgIpc) is 3.94. The van der Waals surface area contributed by atoms with Crippen molar-refractivity contribution in [1.29, 1.82) is 0 Å². The SMILES string of the molecule is CCC1CC1c1cnc(-c2ccc(N(C(C)C)C(C)C)cc2)[nH]1.COC(C)C(=C1CC1OC)c1cnc(-c2ccc(N(C(C)C)C(C)C)cc2)[nH]1. The third-order valence-corrected chi connectivity index (χ3v) is 10.4. The van der Waals surface area contributed by atoms with E-state index in [9.17, 15) is 0 Å². The molecule has 2 N–H and O–H groups in total. The van der Waals surface area contributed by atoms with Crippen molar-refractivity contribution in [2.75, 3.05) is 24.0 Å². The number of H-pyrrole nitrogens is 2. The lowest BCUT2D eigenvalue weighted by Gasteiger charge is -2.33. The lowest BCUT2D eigenvalue weighted by atomic mass is 10.1. The van der Waals surface area contributed by atoms with E-state index in [1.54, 1.807) is 14.2 Å². The Hall–Kier alpha value is -3.88. The van der Waals surface area contributed by atoms with Crippen LogP contribution >= 0.6 is 0 Å². The molecule has 6 rings (SSSR count). The second-order valence-electron chi connectivity index (χ2n) is 15.4. The normalized spacial score (nSPS) is 19.7. The quantitative estimate of drug-likeness (QED) is 0.137. The van der Waals surface area contributed by atoms with Gasteiger partial charge in [0.15, 0.2) is 0 Å². The fourth-order valence-corrected chi connectivity index (χ4v) is 7.74. The molecule has 2 saturated carbocycles. The molecule has 4 atom stereocenters. The summed E-state index contributed by atoms with van der Waals surface area (Å²) < 4.78 is 11.1. The van der Waals surface area contributed by atoms with Crippen molar-refractivity contribution >= 4 is 16.9 Å². The molecule has 51 heavy (non-hydrogen) atoms. The van der Waals surface area contributed by atoms with Crippen LogP contribution in [0.1, 0.15) is 106 Å². The molecule has 4 unspecified atom stereocenters. The van der Waals surface area contributed by atoms with Gasteiger partial charge in [0, 0.05) is 90.7 Å². The molecule has 4 aromatic rings. The fourth-order valence-electron chi connectivity index (χ4n) is 7.74. The Morgan fingerprint density at radius 2 is 1.22 bits per heavy atom. The van der Waals surface area contributed by atoms with Crippen molar-refractivity contribution in [2.24, 2.45) is 5.92 Å². The van der Waals surface area contributed by atoms with Gasteiger partial charge in [-0.05, 0) is 129 Å². The Bertz CT molecular complexity index is 1700. The average molecular weight is 695 g/mol. The van der Waals surface area contributed by atoms with Crippen LogP contribution in [-0.4, -0.2) is 70.5 Å². The summed E-state index contributed by atoms with van der Waals surface area (Å²) in [4.78, 5) is 21.1. The standard InChI is InChI=1S/C23H33N3O2.C20H29N3/c1-14(2)26(15(3)4)18-10-8-17(9-11-18)23-24-13-20(25-23)22(16(5)27-6)19-12-21(19)28-7;1-6-15-11-18(15)19-12-21-20(22-19)16-7-9-17(10-8-16)23(13(2)3)14(4)5/h8-11,13-16,21H,12H2,1-7H3,(H,24,25);7-10,12-15,18H,6,11H2,1-5H3,(H,21,22). The van der Waals surface area contributed by atoms with Gasteiger partial charge in [0.05, 0.1) is 24.1 Å². The minimum atomic E-state index is -0.00327. The maximum atomic E-state index is 5.60. The van der Waals surface area contributed by atoms with Crippen molar-refractivity contribution in [3.8, 4) is 22.8 Å². The number of aromatic amines is 2. The van der Waals surface area contributed by atoms with E-state index in [1.807, 2.05) is 12.4 Å². The monoisotopic (exact) mass is 694 g/mol. The van der Waals surface area contributed by atoms with Crippen molar-refractivity contribution in [1.82, 2.24) is 19.9 Å². The molecule has 2 aromatic carbocycles. The van der Waals surface area contributed by atoms with Crippen LogP contribution in [-0.2, 0) is 9.47 Å². The molecule has 2 aliphatic carbocycles. The highest BCUT2D eigenvalue weighted by Crippen LogP contribution is 2.49. The summed E-state index contributed by atoms with van der Waals surface area (Å²) >= 11 is 0. The maximum Gasteiger partial charge on any atom is 0.137 e. The van der Waals surface area contributed by atoms with Gasteiger partial charge in [0.25, 0.3) is 0 Å². The van der Waals surface area contributed by atoms with E-state index in [4.69, 9.17) is 9.47 Å². The topological polar surface area (TPSA) is 82.3 Å². The van der Waals surface area contributed by atoms with Crippen molar-refractivity contribution in [2.45, 2.75) is 131 Å². The lowest BCUT2D eigenvalue weighted by molar-refractivity contribution is 0.161. The smallest absolute Gasteiger partial charge is 0.137 e. The Morgan fingerprint density at radius 1 is 0.725 bits per heavy atom. The molecule has 2 fully saturated rings. The van der Waals surface area contributed by atoms with Crippen LogP contribution in [0.25, 0.3) is 28.3 Å². The molecule has 0 spiro atoms. The van der Waals surface area contributed by atoms with E-state index >= 15 is 0 Å². The Balaban J connectivity index is 0.000000201. The van der Waals surface area contributed by atoms with Crippen LogP contribution in [0.3, 0.4) is 0 Å². The molecule has 8 heteroatoms. The molecule has 0 aliphatic heterocycles. The fraction of sp³-hybridized carbons (Fsp3) is 0.535. The van der Waals surface area contributed by atoms with Gasteiger partial charge < -0.3 is 29.2 Å². The van der Waals surface area contributed by atoms with E-state index in [2.05, 4.69) is 148 Å². The van der Waals surface area contributed by atoms with Crippen molar-refractivity contribution in [3.05, 3.63) is 77.9 Å². The van der Waals surface area contributed by atoms with E-state index in [0.717, 1.165) is 40.8 Å². The first kappa shape index (κ1) is 38.4. The summed E-state index contributed by atoms with van der Waals surface area (Å²) in [5.74, 6) is 3.43. The molecule has 2 aliphatic rings. The molecule has 0 saturated heterocycles. The van der Waals surface area contributed by atoms with Gasteiger partial charge in [-0.15, -0.1) is 0 Å². The number of anilines is 2. The summed E-state index contributed by atoms with van der Waals surface area (Å²) in [5, 5.41) is 0. The van der Waals surface area contributed by atoms with E-state index in [-0.39, 0.29) is 12.2 Å². The predicted molar refractivity (Wildman–Crippen MR) is 213 cm³/mol. The van der Waals surface area contributed by atoms with Crippen LogP contribution in [0, 0.1) is 5.92 Å². The van der Waals surface area contributed by atoms with Crippen LogP contribution in [0.5, 0.6) is 0 Å². The largest absolute Gasteiger partial charge is 0.377 e. The Morgan fingerprint density at radius 3 is 1.63 bits per heavy atom. The Labute approximate surface area is 307 Å². The zero-order chi connectivity index (χ0) is 37.0. The molecule has 8 nitrogen and oxygen atoms in total. The molecule has 2 aromatic heterocycles. The van der Waals surface area contributed by atoms with Gasteiger partial charge in [-0.25, -0.2) is 9.97 Å². The zero-order valence-electron chi connectivity index (χ0n) is 33.1. The predicted octanol–water partition coefficient (Wildman–Crippen LogP) is 10.1. The number of imidazole rings is 2. The van der Waals surface area contributed by atoms with Crippen LogP contribution < -0.4 is 9.80 Å².